The molecule has 0 aliphatic rings. The minimum absolute atomic E-state index is 0.0473. The average molecular weight is 295 g/mol. The zero-order valence-corrected chi connectivity index (χ0v) is 11.5. The molecule has 112 valence electrons. The smallest absolute Gasteiger partial charge is 0.416 e. The number of ether oxygens (including phenoxy) is 1. The summed E-state index contributed by atoms with van der Waals surface area (Å²) in [5.74, 6) is 0.652. The van der Waals surface area contributed by atoms with Crippen LogP contribution in [0.15, 0.2) is 48.5 Å². The minimum Gasteiger partial charge on any atom is -0.489 e. The fourth-order valence-electron chi connectivity index (χ4n) is 1.82. The van der Waals surface area contributed by atoms with Gasteiger partial charge in [-0.2, -0.15) is 13.2 Å². The van der Waals surface area contributed by atoms with Gasteiger partial charge in [0.2, 0.25) is 0 Å². The molecule has 0 aliphatic carbocycles. The van der Waals surface area contributed by atoms with E-state index in [0.29, 0.717) is 11.3 Å². The van der Waals surface area contributed by atoms with Gasteiger partial charge < -0.3 is 10.5 Å². The Bertz CT molecular complexity index is 574. The molecule has 2 aromatic rings. The lowest BCUT2D eigenvalue weighted by Gasteiger charge is -2.10. The summed E-state index contributed by atoms with van der Waals surface area (Å²) < 4.78 is 42.8. The van der Waals surface area contributed by atoms with Gasteiger partial charge in [-0.15, -0.1) is 0 Å². The first-order valence-electron chi connectivity index (χ1n) is 6.51. The van der Waals surface area contributed by atoms with Crippen LogP contribution in [0, 0.1) is 0 Å². The van der Waals surface area contributed by atoms with Gasteiger partial charge in [0.25, 0.3) is 0 Å². The highest BCUT2D eigenvalue weighted by atomic mass is 19.4. The molecule has 0 bridgehead atoms. The average Bonchev–Trinajstić information content (AvgIpc) is 2.45. The highest BCUT2D eigenvalue weighted by molar-refractivity contribution is 5.29. The van der Waals surface area contributed by atoms with Crippen LogP contribution >= 0.6 is 0 Å². The monoisotopic (exact) mass is 295 g/mol. The second-order valence-electron chi connectivity index (χ2n) is 4.84. The van der Waals surface area contributed by atoms with Crippen molar-refractivity contribution in [3.05, 3.63) is 65.2 Å². The van der Waals surface area contributed by atoms with Crippen molar-refractivity contribution in [1.29, 1.82) is 0 Å². The molecule has 21 heavy (non-hydrogen) atoms. The van der Waals surface area contributed by atoms with Gasteiger partial charge in [0.1, 0.15) is 12.4 Å². The standard InChI is InChI=1S/C16H16F3NO/c1-11(20)13-4-8-15(9-5-13)21-10-12-2-6-14(7-3-12)16(17,18)19/h2-9,11H,10,20H2,1H3/t11-/m0/s1. The molecule has 0 aliphatic heterocycles. The number of rotatable bonds is 4. The first kappa shape index (κ1) is 15.4. The molecule has 0 amide bonds. The van der Waals surface area contributed by atoms with Gasteiger partial charge in [-0.25, -0.2) is 0 Å². The Hall–Kier alpha value is -2.01. The van der Waals surface area contributed by atoms with Gasteiger partial charge in [-0.1, -0.05) is 24.3 Å². The summed E-state index contributed by atoms with van der Waals surface area (Å²) in [7, 11) is 0. The van der Waals surface area contributed by atoms with E-state index < -0.39 is 11.7 Å². The van der Waals surface area contributed by atoms with Crippen LogP contribution in [-0.4, -0.2) is 0 Å². The number of hydrogen-bond acceptors (Lipinski definition) is 2. The number of alkyl halides is 3. The van der Waals surface area contributed by atoms with Gasteiger partial charge in [0.05, 0.1) is 5.56 Å². The molecule has 2 aromatic carbocycles. The maximum Gasteiger partial charge on any atom is 0.416 e. The molecule has 0 radical (unpaired) electrons. The molecule has 0 heterocycles. The van der Waals surface area contributed by atoms with Crippen LogP contribution in [0.3, 0.4) is 0 Å². The summed E-state index contributed by atoms with van der Waals surface area (Å²) in [6.07, 6.45) is -4.31. The fourth-order valence-corrected chi connectivity index (χ4v) is 1.82. The predicted molar refractivity (Wildman–Crippen MR) is 74.8 cm³/mol. The molecular formula is C16H16F3NO. The van der Waals surface area contributed by atoms with Crippen LogP contribution in [0.2, 0.25) is 0 Å². The second kappa shape index (κ2) is 6.18. The first-order chi connectivity index (χ1) is 9.86. The van der Waals surface area contributed by atoms with Crippen LogP contribution in [-0.2, 0) is 12.8 Å². The highest BCUT2D eigenvalue weighted by Gasteiger charge is 2.29. The van der Waals surface area contributed by atoms with Gasteiger partial charge in [-0.3, -0.25) is 0 Å². The molecule has 0 saturated carbocycles. The van der Waals surface area contributed by atoms with E-state index in [4.69, 9.17) is 10.5 Å². The largest absolute Gasteiger partial charge is 0.489 e. The van der Waals surface area contributed by atoms with Crippen molar-refractivity contribution in [3.8, 4) is 5.75 Å². The van der Waals surface area contributed by atoms with E-state index in [1.807, 2.05) is 19.1 Å². The topological polar surface area (TPSA) is 35.2 Å². The van der Waals surface area contributed by atoms with E-state index >= 15 is 0 Å². The van der Waals surface area contributed by atoms with Crippen molar-refractivity contribution in [2.45, 2.75) is 25.7 Å². The molecular weight excluding hydrogens is 279 g/mol. The van der Waals surface area contributed by atoms with Crippen molar-refractivity contribution in [1.82, 2.24) is 0 Å². The maximum atomic E-state index is 12.4. The zero-order chi connectivity index (χ0) is 15.5. The predicted octanol–water partition coefficient (Wildman–Crippen LogP) is 4.30. The van der Waals surface area contributed by atoms with E-state index in [1.165, 1.54) is 12.1 Å². The third kappa shape index (κ3) is 4.23. The summed E-state index contributed by atoms with van der Waals surface area (Å²) in [6.45, 7) is 2.10. The number of nitrogens with two attached hydrogens (primary N) is 1. The Morgan fingerprint density at radius 3 is 2.05 bits per heavy atom. The molecule has 0 unspecified atom stereocenters. The normalized spacial score (nSPS) is 13.0. The summed E-state index contributed by atoms with van der Waals surface area (Å²) in [6, 6.07) is 12.2. The quantitative estimate of drug-likeness (QED) is 0.912. The van der Waals surface area contributed by atoms with Crippen molar-refractivity contribution < 1.29 is 17.9 Å². The molecule has 0 spiro atoms. The van der Waals surface area contributed by atoms with Crippen molar-refractivity contribution >= 4 is 0 Å². The number of hydrogen-bond donors (Lipinski definition) is 1. The van der Waals surface area contributed by atoms with Crippen molar-refractivity contribution in [2.75, 3.05) is 0 Å². The lowest BCUT2D eigenvalue weighted by molar-refractivity contribution is -0.137. The molecule has 2 rings (SSSR count). The van der Waals surface area contributed by atoms with Crippen LogP contribution in [0.1, 0.15) is 29.7 Å². The lowest BCUT2D eigenvalue weighted by Crippen LogP contribution is -2.05. The van der Waals surface area contributed by atoms with Crippen LogP contribution in [0.5, 0.6) is 5.75 Å². The third-order valence-corrected chi connectivity index (χ3v) is 3.09. The minimum atomic E-state index is -4.31. The third-order valence-electron chi connectivity index (χ3n) is 3.09. The van der Waals surface area contributed by atoms with Gasteiger partial charge in [0.15, 0.2) is 0 Å². The molecule has 0 fully saturated rings. The van der Waals surface area contributed by atoms with E-state index in [-0.39, 0.29) is 12.6 Å². The maximum absolute atomic E-state index is 12.4. The Morgan fingerprint density at radius 1 is 1.00 bits per heavy atom. The molecule has 2 nitrogen and oxygen atoms in total. The van der Waals surface area contributed by atoms with Gasteiger partial charge in [0, 0.05) is 6.04 Å². The lowest BCUT2D eigenvalue weighted by atomic mass is 10.1. The number of benzene rings is 2. The Morgan fingerprint density at radius 2 is 1.57 bits per heavy atom. The summed E-state index contributed by atoms with van der Waals surface area (Å²) in [5.41, 5.74) is 6.76. The summed E-state index contributed by atoms with van der Waals surface area (Å²) in [4.78, 5) is 0. The van der Waals surface area contributed by atoms with Crippen molar-refractivity contribution in [3.63, 3.8) is 0 Å². The number of halogens is 3. The van der Waals surface area contributed by atoms with Crippen LogP contribution in [0.25, 0.3) is 0 Å². The van der Waals surface area contributed by atoms with E-state index in [1.54, 1.807) is 12.1 Å². The second-order valence-corrected chi connectivity index (χ2v) is 4.84. The molecule has 1 atom stereocenters. The van der Waals surface area contributed by atoms with Gasteiger partial charge in [-0.05, 0) is 42.3 Å². The Balaban J connectivity index is 1.96. The first-order valence-corrected chi connectivity index (χ1v) is 6.51. The molecule has 0 saturated heterocycles. The van der Waals surface area contributed by atoms with Crippen molar-refractivity contribution in [2.24, 2.45) is 5.73 Å². The Kier molecular flexibility index (Phi) is 4.53. The molecule has 5 heteroatoms. The fraction of sp³-hybridized carbons (Fsp3) is 0.250. The zero-order valence-electron chi connectivity index (χ0n) is 11.5. The van der Waals surface area contributed by atoms with Gasteiger partial charge >= 0.3 is 6.18 Å². The van der Waals surface area contributed by atoms with E-state index in [9.17, 15) is 13.2 Å². The SMILES string of the molecule is C[C@H](N)c1ccc(OCc2ccc(C(F)(F)F)cc2)cc1. The summed E-state index contributed by atoms with van der Waals surface area (Å²) >= 11 is 0. The van der Waals surface area contributed by atoms with Crippen LogP contribution < -0.4 is 10.5 Å². The molecule has 0 aromatic heterocycles. The summed E-state index contributed by atoms with van der Waals surface area (Å²) in [5, 5.41) is 0. The van der Waals surface area contributed by atoms with E-state index in [0.717, 1.165) is 17.7 Å². The highest BCUT2D eigenvalue weighted by Crippen LogP contribution is 2.29. The van der Waals surface area contributed by atoms with E-state index in [2.05, 4.69) is 0 Å². The Labute approximate surface area is 121 Å². The van der Waals surface area contributed by atoms with Crippen LogP contribution in [0.4, 0.5) is 13.2 Å². The molecule has 2 N–H and O–H groups in total.